The van der Waals surface area contributed by atoms with Crippen LogP contribution in [0.15, 0.2) is 24.3 Å². The highest BCUT2D eigenvalue weighted by molar-refractivity contribution is 5.74. The molecule has 0 saturated carbocycles. The van der Waals surface area contributed by atoms with E-state index in [1.54, 1.807) is 0 Å². The molecule has 3 N–H and O–H groups in total. The van der Waals surface area contributed by atoms with E-state index in [1.165, 1.54) is 19.4 Å². The van der Waals surface area contributed by atoms with Crippen LogP contribution < -0.4 is 10.6 Å². The lowest BCUT2D eigenvalue weighted by molar-refractivity contribution is 0.141. The maximum Gasteiger partial charge on any atom is 0.315 e. The summed E-state index contributed by atoms with van der Waals surface area (Å²) >= 11 is 0. The second-order valence-corrected chi connectivity index (χ2v) is 6.70. The molecule has 5 heteroatoms. The van der Waals surface area contributed by atoms with Crippen molar-refractivity contribution >= 4 is 6.03 Å². The van der Waals surface area contributed by atoms with Gasteiger partial charge in [-0.25, -0.2) is 4.79 Å². The van der Waals surface area contributed by atoms with Crippen LogP contribution in [0, 0.1) is 5.92 Å². The van der Waals surface area contributed by atoms with Crippen molar-refractivity contribution < 1.29 is 9.90 Å². The summed E-state index contributed by atoms with van der Waals surface area (Å²) in [4.78, 5) is 14.6. The zero-order valence-electron chi connectivity index (χ0n) is 13.8. The summed E-state index contributed by atoms with van der Waals surface area (Å²) in [6.45, 7) is 6.19. The van der Waals surface area contributed by atoms with Gasteiger partial charge in [0.2, 0.25) is 0 Å². The summed E-state index contributed by atoms with van der Waals surface area (Å²) < 4.78 is 0. The van der Waals surface area contributed by atoms with Crippen molar-refractivity contribution in [1.82, 2.24) is 15.5 Å². The van der Waals surface area contributed by atoms with Crippen molar-refractivity contribution in [3.63, 3.8) is 0 Å². The Bertz CT molecular complexity index is 549. The Balaban J connectivity index is 1.50. The molecule has 1 fully saturated rings. The lowest BCUT2D eigenvalue weighted by Crippen LogP contribution is -2.45. The molecule has 2 aliphatic rings. The van der Waals surface area contributed by atoms with E-state index in [1.807, 2.05) is 24.3 Å². The lowest BCUT2D eigenvalue weighted by atomic mass is 9.98. The number of nitrogens with zero attached hydrogens (tertiary/aromatic N) is 1. The van der Waals surface area contributed by atoms with Crippen LogP contribution in [0.4, 0.5) is 4.79 Å². The molecule has 3 atom stereocenters. The molecule has 1 saturated heterocycles. The lowest BCUT2D eigenvalue weighted by Gasteiger charge is -2.32. The van der Waals surface area contributed by atoms with Gasteiger partial charge in [-0.1, -0.05) is 31.2 Å². The first-order valence-corrected chi connectivity index (χ1v) is 8.70. The fourth-order valence-electron chi connectivity index (χ4n) is 3.78. The summed E-state index contributed by atoms with van der Waals surface area (Å²) in [5, 5.41) is 16.1. The minimum absolute atomic E-state index is 0.181. The van der Waals surface area contributed by atoms with Gasteiger partial charge in [-0.2, -0.15) is 0 Å². The van der Waals surface area contributed by atoms with E-state index in [0.717, 1.165) is 24.2 Å². The Kier molecular flexibility index (Phi) is 5.18. The van der Waals surface area contributed by atoms with Crippen LogP contribution in [0.25, 0.3) is 0 Å². The van der Waals surface area contributed by atoms with Crippen LogP contribution in [0.2, 0.25) is 0 Å². The number of piperidine rings is 1. The van der Waals surface area contributed by atoms with Crippen LogP contribution in [-0.4, -0.2) is 48.3 Å². The SMILES string of the molecule is CCN1CCCC(CNC(=O)N[C@H]2c3ccccc3C[C@H]2O)C1. The van der Waals surface area contributed by atoms with Crippen LogP contribution in [-0.2, 0) is 6.42 Å². The van der Waals surface area contributed by atoms with E-state index < -0.39 is 6.10 Å². The van der Waals surface area contributed by atoms with E-state index in [9.17, 15) is 9.90 Å². The second kappa shape index (κ2) is 7.32. The number of nitrogens with one attached hydrogen (secondary N) is 2. The fourth-order valence-corrected chi connectivity index (χ4v) is 3.78. The number of benzene rings is 1. The minimum atomic E-state index is -0.539. The normalized spacial score (nSPS) is 27.5. The van der Waals surface area contributed by atoms with Gasteiger partial charge in [-0.3, -0.25) is 0 Å². The first-order valence-electron chi connectivity index (χ1n) is 8.70. The van der Waals surface area contributed by atoms with Crippen LogP contribution in [0.3, 0.4) is 0 Å². The maximum absolute atomic E-state index is 12.2. The molecule has 1 aliphatic heterocycles. The van der Waals surface area contributed by atoms with Gasteiger partial charge < -0.3 is 20.6 Å². The van der Waals surface area contributed by atoms with Crippen LogP contribution in [0.1, 0.15) is 36.9 Å². The molecule has 126 valence electrons. The molecular formula is C18H27N3O2. The Morgan fingerprint density at radius 1 is 1.39 bits per heavy atom. The number of hydrogen-bond acceptors (Lipinski definition) is 3. The van der Waals surface area contributed by atoms with Crippen molar-refractivity contribution in [3.8, 4) is 0 Å². The predicted octanol–water partition coefficient (Wildman–Crippen LogP) is 1.68. The van der Waals surface area contributed by atoms with Crippen LogP contribution >= 0.6 is 0 Å². The minimum Gasteiger partial charge on any atom is -0.390 e. The third-order valence-corrected chi connectivity index (χ3v) is 5.09. The van der Waals surface area contributed by atoms with Crippen molar-refractivity contribution in [1.29, 1.82) is 0 Å². The highest BCUT2D eigenvalue weighted by atomic mass is 16.3. The fraction of sp³-hybridized carbons (Fsp3) is 0.611. The summed E-state index contributed by atoms with van der Waals surface area (Å²) in [5.74, 6) is 0.523. The largest absolute Gasteiger partial charge is 0.390 e. The molecule has 1 unspecified atom stereocenters. The van der Waals surface area contributed by atoms with Crippen molar-refractivity contribution in [2.45, 2.75) is 38.3 Å². The highest BCUT2D eigenvalue weighted by Gasteiger charge is 2.32. The van der Waals surface area contributed by atoms with Crippen molar-refractivity contribution in [3.05, 3.63) is 35.4 Å². The topological polar surface area (TPSA) is 64.6 Å². The van der Waals surface area contributed by atoms with Crippen molar-refractivity contribution in [2.24, 2.45) is 5.92 Å². The number of likely N-dealkylation sites (tertiary alicyclic amines) is 1. The van der Waals surface area contributed by atoms with Gasteiger partial charge in [0.15, 0.2) is 0 Å². The number of fused-ring (bicyclic) bond motifs is 1. The molecule has 0 radical (unpaired) electrons. The third kappa shape index (κ3) is 3.85. The molecule has 0 aromatic heterocycles. The van der Waals surface area contributed by atoms with E-state index >= 15 is 0 Å². The number of urea groups is 1. The smallest absolute Gasteiger partial charge is 0.315 e. The number of aliphatic hydroxyl groups is 1. The van der Waals surface area contributed by atoms with E-state index in [0.29, 0.717) is 18.9 Å². The Hall–Kier alpha value is -1.59. The third-order valence-electron chi connectivity index (χ3n) is 5.09. The summed E-state index contributed by atoms with van der Waals surface area (Å²) in [6, 6.07) is 7.43. The zero-order valence-corrected chi connectivity index (χ0v) is 13.8. The summed E-state index contributed by atoms with van der Waals surface area (Å²) in [5.41, 5.74) is 2.15. The predicted molar refractivity (Wildman–Crippen MR) is 90.3 cm³/mol. The van der Waals surface area contributed by atoms with Gasteiger partial charge in [0.25, 0.3) is 0 Å². The van der Waals surface area contributed by atoms with Gasteiger partial charge in [0.05, 0.1) is 12.1 Å². The van der Waals surface area contributed by atoms with Gasteiger partial charge >= 0.3 is 6.03 Å². The number of hydrogen-bond donors (Lipinski definition) is 3. The number of aliphatic hydroxyl groups excluding tert-OH is 1. The van der Waals surface area contributed by atoms with Gasteiger partial charge in [-0.05, 0) is 43.0 Å². The molecule has 1 heterocycles. The Morgan fingerprint density at radius 2 is 2.22 bits per heavy atom. The highest BCUT2D eigenvalue weighted by Crippen LogP contribution is 2.31. The molecule has 0 spiro atoms. The van der Waals surface area contributed by atoms with E-state index in [-0.39, 0.29) is 12.1 Å². The standard InChI is InChI=1S/C18H27N3O2/c1-2-21-9-5-6-13(12-21)11-19-18(23)20-17-15-8-4-3-7-14(15)10-16(17)22/h3-4,7-8,13,16-17,22H,2,5-6,9-12H2,1H3,(H2,19,20,23)/t13?,16-,17+/m1/s1. The Labute approximate surface area is 138 Å². The summed E-state index contributed by atoms with van der Waals surface area (Å²) in [7, 11) is 0. The molecule has 1 aromatic rings. The number of carbonyl (C=O) groups is 1. The molecule has 1 aliphatic carbocycles. The first-order chi connectivity index (χ1) is 11.2. The molecule has 23 heavy (non-hydrogen) atoms. The molecule has 5 nitrogen and oxygen atoms in total. The maximum atomic E-state index is 12.2. The van der Waals surface area contributed by atoms with E-state index in [4.69, 9.17) is 0 Å². The summed E-state index contributed by atoms with van der Waals surface area (Å²) in [6.07, 6.45) is 2.45. The van der Waals surface area contributed by atoms with Crippen LogP contribution in [0.5, 0.6) is 0 Å². The first kappa shape index (κ1) is 16.3. The number of rotatable bonds is 4. The van der Waals surface area contributed by atoms with Gasteiger partial charge in [0.1, 0.15) is 0 Å². The quantitative estimate of drug-likeness (QED) is 0.791. The monoisotopic (exact) mass is 317 g/mol. The zero-order chi connectivity index (χ0) is 16.2. The molecular weight excluding hydrogens is 290 g/mol. The van der Waals surface area contributed by atoms with Gasteiger partial charge in [0, 0.05) is 19.5 Å². The number of carbonyl (C=O) groups excluding carboxylic acids is 1. The molecule has 0 bridgehead atoms. The molecule has 3 rings (SSSR count). The van der Waals surface area contributed by atoms with Crippen molar-refractivity contribution in [2.75, 3.05) is 26.2 Å². The average Bonchev–Trinajstić information content (AvgIpc) is 2.89. The number of amides is 2. The molecule has 1 aromatic carbocycles. The molecule has 2 amide bonds. The van der Waals surface area contributed by atoms with E-state index in [2.05, 4.69) is 22.5 Å². The Morgan fingerprint density at radius 3 is 3.04 bits per heavy atom. The second-order valence-electron chi connectivity index (χ2n) is 6.70. The van der Waals surface area contributed by atoms with Gasteiger partial charge in [-0.15, -0.1) is 0 Å². The average molecular weight is 317 g/mol.